The molecule has 170 valence electrons. The molecule has 5 heteroatoms. The first-order chi connectivity index (χ1) is 17.1. The van der Waals surface area contributed by atoms with E-state index in [1.54, 1.807) is 24.3 Å². The van der Waals surface area contributed by atoms with Crippen molar-refractivity contribution in [1.29, 1.82) is 0 Å². The summed E-state index contributed by atoms with van der Waals surface area (Å²) in [4.78, 5) is 16.9. The molecule has 6 aromatic rings. The van der Waals surface area contributed by atoms with Crippen molar-refractivity contribution in [2.75, 3.05) is 7.11 Å². The van der Waals surface area contributed by atoms with Gasteiger partial charge in [-0.2, -0.15) is 0 Å². The fourth-order valence-corrected chi connectivity index (χ4v) is 4.80. The van der Waals surface area contributed by atoms with Crippen LogP contribution < -0.4 is 0 Å². The van der Waals surface area contributed by atoms with Gasteiger partial charge in [0.1, 0.15) is 5.82 Å². The van der Waals surface area contributed by atoms with Crippen molar-refractivity contribution < 1.29 is 13.9 Å². The summed E-state index contributed by atoms with van der Waals surface area (Å²) in [6, 6.07) is 30.4. The first kappa shape index (κ1) is 21.1. The second kappa shape index (κ2) is 8.37. The number of hydrogen-bond donors (Lipinski definition) is 0. The van der Waals surface area contributed by atoms with Crippen LogP contribution in [0.25, 0.3) is 44.0 Å². The SMILES string of the molecule is COC(=O)c1ccc(Cn2c3ccccc3c3c(-c4ccc(F)cc4)nc4ccccc4c32)cc1. The summed E-state index contributed by atoms with van der Waals surface area (Å²) in [5.74, 6) is -0.627. The largest absolute Gasteiger partial charge is 0.465 e. The zero-order valence-electron chi connectivity index (χ0n) is 19.0. The van der Waals surface area contributed by atoms with Crippen LogP contribution in [0, 0.1) is 5.82 Å². The molecule has 0 spiro atoms. The predicted molar refractivity (Wildman–Crippen MR) is 137 cm³/mol. The van der Waals surface area contributed by atoms with Crippen LogP contribution in [0.2, 0.25) is 0 Å². The Kier molecular flexibility index (Phi) is 5.03. The van der Waals surface area contributed by atoms with Crippen LogP contribution in [0.4, 0.5) is 4.39 Å². The molecule has 0 radical (unpaired) electrons. The lowest BCUT2D eigenvalue weighted by Gasteiger charge is -2.12. The Bertz CT molecular complexity index is 1720. The molecule has 6 rings (SSSR count). The number of carbonyl (C=O) groups excluding carboxylic acids is 1. The van der Waals surface area contributed by atoms with E-state index in [1.807, 2.05) is 42.5 Å². The highest BCUT2D eigenvalue weighted by Crippen LogP contribution is 2.39. The molecule has 35 heavy (non-hydrogen) atoms. The maximum Gasteiger partial charge on any atom is 0.337 e. The van der Waals surface area contributed by atoms with Crippen LogP contribution in [0.1, 0.15) is 15.9 Å². The lowest BCUT2D eigenvalue weighted by Crippen LogP contribution is -2.03. The summed E-state index contributed by atoms with van der Waals surface area (Å²) in [7, 11) is 1.38. The highest BCUT2D eigenvalue weighted by Gasteiger charge is 2.19. The van der Waals surface area contributed by atoms with E-state index in [0.717, 1.165) is 49.5 Å². The van der Waals surface area contributed by atoms with Crippen molar-refractivity contribution in [3.05, 3.63) is 114 Å². The Morgan fingerprint density at radius 2 is 1.54 bits per heavy atom. The number of methoxy groups -OCH3 is 1. The van der Waals surface area contributed by atoms with Crippen LogP contribution in [0.5, 0.6) is 0 Å². The van der Waals surface area contributed by atoms with Gasteiger partial charge in [0, 0.05) is 33.8 Å². The molecule has 0 bridgehead atoms. The van der Waals surface area contributed by atoms with Gasteiger partial charge < -0.3 is 9.30 Å². The van der Waals surface area contributed by atoms with E-state index >= 15 is 0 Å². The molecule has 0 aliphatic heterocycles. The minimum Gasteiger partial charge on any atom is -0.465 e. The van der Waals surface area contributed by atoms with E-state index in [1.165, 1.54) is 19.2 Å². The highest BCUT2D eigenvalue weighted by atomic mass is 19.1. The lowest BCUT2D eigenvalue weighted by molar-refractivity contribution is 0.0600. The summed E-state index contributed by atoms with van der Waals surface area (Å²) >= 11 is 0. The van der Waals surface area contributed by atoms with Crippen molar-refractivity contribution in [2.24, 2.45) is 0 Å². The van der Waals surface area contributed by atoms with Crippen LogP contribution in [0.15, 0.2) is 97.1 Å². The number of rotatable bonds is 4. The van der Waals surface area contributed by atoms with Gasteiger partial charge >= 0.3 is 5.97 Å². The number of nitrogens with zero attached hydrogens (tertiary/aromatic N) is 2. The summed E-state index contributed by atoms with van der Waals surface area (Å²) in [5.41, 5.74) is 6.32. The van der Waals surface area contributed by atoms with Gasteiger partial charge in [0.15, 0.2) is 0 Å². The van der Waals surface area contributed by atoms with E-state index in [0.29, 0.717) is 12.1 Å². The van der Waals surface area contributed by atoms with Crippen molar-refractivity contribution >= 4 is 38.7 Å². The quantitative estimate of drug-likeness (QED) is 0.267. The lowest BCUT2D eigenvalue weighted by atomic mass is 10.0. The number of carbonyl (C=O) groups is 1. The van der Waals surface area contributed by atoms with Gasteiger partial charge in [0.2, 0.25) is 0 Å². The number of pyridine rings is 1. The molecule has 4 aromatic carbocycles. The van der Waals surface area contributed by atoms with Gasteiger partial charge in [-0.3, -0.25) is 0 Å². The molecule has 0 aliphatic carbocycles. The number of fused-ring (bicyclic) bond motifs is 5. The third kappa shape index (κ3) is 3.53. The molecule has 0 saturated carbocycles. The Hall–Kier alpha value is -4.51. The molecule has 2 heterocycles. The molecule has 0 unspecified atom stereocenters. The number of para-hydroxylation sites is 2. The standard InChI is InChI=1S/C30H21FN2O2/c1-35-30(34)21-12-10-19(11-13-21)18-33-26-9-5-3-7-24(26)27-28(20-14-16-22(31)17-15-20)32-25-8-4-2-6-23(25)29(27)33/h2-17H,18H2,1H3. The van der Waals surface area contributed by atoms with Crippen LogP contribution in [-0.2, 0) is 11.3 Å². The minimum atomic E-state index is -0.352. The third-order valence-electron chi connectivity index (χ3n) is 6.43. The predicted octanol–water partition coefficient (Wildman–Crippen LogP) is 6.98. The summed E-state index contributed by atoms with van der Waals surface area (Å²) in [5, 5.41) is 3.18. The van der Waals surface area contributed by atoms with Crippen molar-refractivity contribution in [3.63, 3.8) is 0 Å². The Morgan fingerprint density at radius 1 is 0.857 bits per heavy atom. The monoisotopic (exact) mass is 460 g/mol. The summed E-state index contributed by atoms with van der Waals surface area (Å²) < 4.78 is 20.9. The molecule has 2 aromatic heterocycles. The van der Waals surface area contributed by atoms with Gasteiger partial charge in [0.05, 0.1) is 29.4 Å². The number of benzene rings is 4. The Balaban J connectivity index is 1.65. The van der Waals surface area contributed by atoms with E-state index in [-0.39, 0.29) is 11.8 Å². The molecule has 0 amide bonds. The van der Waals surface area contributed by atoms with Crippen LogP contribution >= 0.6 is 0 Å². The summed E-state index contributed by atoms with van der Waals surface area (Å²) in [6.45, 7) is 0.613. The third-order valence-corrected chi connectivity index (χ3v) is 6.43. The zero-order valence-corrected chi connectivity index (χ0v) is 19.0. The first-order valence-corrected chi connectivity index (χ1v) is 11.4. The first-order valence-electron chi connectivity index (χ1n) is 11.4. The molecule has 0 saturated heterocycles. The number of ether oxygens (including phenoxy) is 1. The van der Waals surface area contributed by atoms with Crippen LogP contribution in [-0.4, -0.2) is 22.6 Å². The number of esters is 1. The average molecular weight is 461 g/mol. The molecular weight excluding hydrogens is 439 g/mol. The van der Waals surface area contributed by atoms with E-state index in [4.69, 9.17) is 9.72 Å². The normalized spacial score (nSPS) is 11.4. The summed E-state index contributed by atoms with van der Waals surface area (Å²) in [6.07, 6.45) is 0. The Labute approximate surface area is 201 Å². The molecule has 0 atom stereocenters. The van der Waals surface area contributed by atoms with E-state index in [2.05, 4.69) is 22.8 Å². The zero-order chi connectivity index (χ0) is 23.9. The second-order valence-electron chi connectivity index (χ2n) is 8.50. The average Bonchev–Trinajstić information content (AvgIpc) is 3.23. The van der Waals surface area contributed by atoms with Crippen LogP contribution in [0.3, 0.4) is 0 Å². The number of halogens is 1. The molecule has 0 aliphatic rings. The van der Waals surface area contributed by atoms with Gasteiger partial charge in [-0.25, -0.2) is 14.2 Å². The smallest absolute Gasteiger partial charge is 0.337 e. The van der Waals surface area contributed by atoms with Gasteiger partial charge in [-0.05, 0) is 54.1 Å². The van der Waals surface area contributed by atoms with Crippen molar-refractivity contribution in [3.8, 4) is 11.3 Å². The molecule has 4 nitrogen and oxygen atoms in total. The van der Waals surface area contributed by atoms with Crippen molar-refractivity contribution in [1.82, 2.24) is 9.55 Å². The Morgan fingerprint density at radius 3 is 2.29 bits per heavy atom. The fourth-order valence-electron chi connectivity index (χ4n) is 4.80. The maximum atomic E-state index is 13.7. The fraction of sp³-hybridized carbons (Fsp3) is 0.0667. The van der Waals surface area contributed by atoms with Gasteiger partial charge in [0.25, 0.3) is 0 Å². The van der Waals surface area contributed by atoms with Gasteiger partial charge in [-0.15, -0.1) is 0 Å². The van der Waals surface area contributed by atoms with E-state index in [9.17, 15) is 9.18 Å². The molecule has 0 N–H and O–H groups in total. The highest BCUT2D eigenvalue weighted by molar-refractivity contribution is 6.21. The minimum absolute atomic E-state index is 0.274. The van der Waals surface area contributed by atoms with E-state index < -0.39 is 0 Å². The molecular formula is C30H21FN2O2. The maximum absolute atomic E-state index is 13.7. The van der Waals surface area contributed by atoms with Crippen molar-refractivity contribution in [2.45, 2.75) is 6.54 Å². The second-order valence-corrected chi connectivity index (χ2v) is 8.50. The van der Waals surface area contributed by atoms with Gasteiger partial charge in [-0.1, -0.05) is 48.5 Å². The topological polar surface area (TPSA) is 44.1 Å². The molecule has 0 fully saturated rings. The number of aromatic nitrogens is 2. The number of hydrogen-bond acceptors (Lipinski definition) is 3.